The lowest BCUT2D eigenvalue weighted by Crippen LogP contribution is -3.14. The third-order valence-electron chi connectivity index (χ3n) is 5.22. The van der Waals surface area contributed by atoms with Crippen molar-refractivity contribution in [1.29, 1.82) is 0 Å². The van der Waals surface area contributed by atoms with Crippen LogP contribution in [0.25, 0.3) is 4.96 Å². The number of aromatic nitrogens is 3. The van der Waals surface area contributed by atoms with Crippen molar-refractivity contribution in [1.82, 2.24) is 14.6 Å². The molecule has 1 aliphatic rings. The predicted octanol–water partition coefficient (Wildman–Crippen LogP) is 2.59. The van der Waals surface area contributed by atoms with Crippen molar-refractivity contribution in [2.45, 2.75) is 33.2 Å². The zero-order valence-corrected chi connectivity index (χ0v) is 16.1. The summed E-state index contributed by atoms with van der Waals surface area (Å²) in [5.41, 5.74) is 0.625. The van der Waals surface area contributed by atoms with Gasteiger partial charge in [0.05, 0.1) is 18.7 Å². The molecule has 2 N–H and O–H groups in total. The van der Waals surface area contributed by atoms with Gasteiger partial charge in [-0.05, 0) is 25.5 Å². The molecule has 4 rings (SSSR count). The van der Waals surface area contributed by atoms with Crippen LogP contribution in [0.2, 0.25) is 0 Å². The quantitative estimate of drug-likeness (QED) is 0.740. The summed E-state index contributed by atoms with van der Waals surface area (Å²) in [5, 5.41) is 15.1. The summed E-state index contributed by atoms with van der Waals surface area (Å²) in [5.74, 6) is 1.60. The first kappa shape index (κ1) is 17.4. The van der Waals surface area contributed by atoms with Crippen molar-refractivity contribution in [3.63, 3.8) is 0 Å². The molecular weight excluding hydrogens is 351 g/mol. The zero-order chi connectivity index (χ0) is 18.4. The van der Waals surface area contributed by atoms with Crippen LogP contribution in [0.1, 0.15) is 42.6 Å². The molecule has 0 spiro atoms. The van der Waals surface area contributed by atoms with Crippen LogP contribution >= 0.6 is 11.3 Å². The van der Waals surface area contributed by atoms with Gasteiger partial charge in [-0.3, -0.25) is 0 Å². The maximum Gasteiger partial charge on any atom is 0.235 e. The number of aryl methyl sites for hydroxylation is 1. The Kier molecular flexibility index (Phi) is 4.44. The number of fused-ring (bicyclic) bond motifs is 1. The van der Waals surface area contributed by atoms with Gasteiger partial charge in [-0.15, -0.1) is 5.10 Å². The van der Waals surface area contributed by atoms with Gasteiger partial charge in [0.15, 0.2) is 6.04 Å². The summed E-state index contributed by atoms with van der Waals surface area (Å²) in [6.45, 7) is 8.21. The second-order valence-electron chi connectivity index (χ2n) is 7.61. The van der Waals surface area contributed by atoms with E-state index in [2.05, 4.69) is 23.9 Å². The fourth-order valence-corrected chi connectivity index (χ4v) is 5.54. The summed E-state index contributed by atoms with van der Waals surface area (Å²) < 4.78 is 16.2. The lowest BCUT2D eigenvalue weighted by molar-refractivity contribution is -0.937. The predicted molar refractivity (Wildman–Crippen MR) is 99.2 cm³/mol. The highest BCUT2D eigenvalue weighted by molar-refractivity contribution is 7.17. The average molecular weight is 375 g/mol. The molecule has 1 aliphatic heterocycles. The number of hydrogen-bond donors (Lipinski definition) is 2. The minimum atomic E-state index is -0.254. The van der Waals surface area contributed by atoms with Gasteiger partial charge in [0.1, 0.15) is 16.5 Å². The number of benzene rings is 1. The molecule has 2 aromatic heterocycles. The van der Waals surface area contributed by atoms with Gasteiger partial charge in [-0.1, -0.05) is 37.3 Å². The Hall–Kier alpha value is -1.99. The van der Waals surface area contributed by atoms with E-state index in [1.807, 2.05) is 12.1 Å². The van der Waals surface area contributed by atoms with Crippen molar-refractivity contribution in [2.24, 2.45) is 11.8 Å². The Morgan fingerprint density at radius 2 is 1.96 bits per heavy atom. The number of aromatic hydroxyl groups is 1. The van der Waals surface area contributed by atoms with Crippen LogP contribution in [0.4, 0.5) is 4.39 Å². The SMILES string of the molecule is Cc1nc2sc([C@@H](c3ccccc3F)[NH+]3C[C@H](C)C[C@H](C)C3)c(O)n2n1. The molecule has 0 radical (unpaired) electrons. The van der Waals surface area contributed by atoms with Crippen LogP contribution in [0.15, 0.2) is 24.3 Å². The fourth-order valence-electron chi connectivity index (χ4n) is 4.36. The van der Waals surface area contributed by atoms with E-state index in [9.17, 15) is 9.50 Å². The molecule has 7 heteroatoms. The lowest BCUT2D eigenvalue weighted by Gasteiger charge is -2.37. The maximum atomic E-state index is 14.7. The number of halogens is 1. The average Bonchev–Trinajstić information content (AvgIpc) is 3.07. The Labute approximate surface area is 156 Å². The molecule has 0 saturated carbocycles. The first-order chi connectivity index (χ1) is 12.4. The summed E-state index contributed by atoms with van der Waals surface area (Å²) in [4.78, 5) is 7.05. The number of nitrogens with zero attached hydrogens (tertiary/aromatic N) is 3. The van der Waals surface area contributed by atoms with E-state index in [4.69, 9.17) is 0 Å². The Bertz CT molecular complexity index is 927. The van der Waals surface area contributed by atoms with Crippen molar-refractivity contribution in [3.8, 4) is 5.88 Å². The van der Waals surface area contributed by atoms with Crippen molar-refractivity contribution < 1.29 is 14.4 Å². The van der Waals surface area contributed by atoms with E-state index in [1.165, 1.54) is 33.2 Å². The first-order valence-corrected chi connectivity index (χ1v) is 9.89. The van der Waals surface area contributed by atoms with Gasteiger partial charge in [0, 0.05) is 11.8 Å². The van der Waals surface area contributed by atoms with Crippen molar-refractivity contribution in [3.05, 3.63) is 46.3 Å². The van der Waals surface area contributed by atoms with Gasteiger partial charge >= 0.3 is 0 Å². The number of nitrogens with one attached hydrogen (secondary N) is 1. The minimum Gasteiger partial charge on any atom is -0.492 e. The number of rotatable bonds is 3. The van der Waals surface area contributed by atoms with Crippen LogP contribution in [0, 0.1) is 24.6 Å². The highest BCUT2D eigenvalue weighted by atomic mass is 32.1. The normalized spacial score (nSPS) is 24.8. The molecule has 3 heterocycles. The standard InChI is InChI=1S/C19H23FN4OS/c1-11-8-12(2)10-23(9-11)16(14-6-4-5-7-15(14)20)17-18(25)24-19(26-17)21-13(3)22-24/h4-7,11-12,16,25H,8-10H2,1-3H3/p+1/t11-,12+,16-/m1/s1. The highest BCUT2D eigenvalue weighted by Crippen LogP contribution is 2.36. The molecule has 0 bridgehead atoms. The molecule has 26 heavy (non-hydrogen) atoms. The van der Waals surface area contributed by atoms with Crippen molar-refractivity contribution in [2.75, 3.05) is 13.1 Å². The Morgan fingerprint density at radius 3 is 2.62 bits per heavy atom. The molecule has 1 aromatic carbocycles. The third-order valence-corrected chi connectivity index (χ3v) is 6.30. The zero-order valence-electron chi connectivity index (χ0n) is 15.2. The second-order valence-corrected chi connectivity index (χ2v) is 8.62. The number of likely N-dealkylation sites (tertiary alicyclic amines) is 1. The van der Waals surface area contributed by atoms with Gasteiger partial charge in [-0.25, -0.2) is 9.37 Å². The number of quaternary nitrogens is 1. The van der Waals surface area contributed by atoms with E-state index in [0.29, 0.717) is 28.2 Å². The van der Waals surface area contributed by atoms with Crippen LogP contribution in [-0.2, 0) is 0 Å². The summed E-state index contributed by atoms with van der Waals surface area (Å²) in [7, 11) is 0. The third kappa shape index (κ3) is 2.99. The lowest BCUT2D eigenvalue weighted by atomic mass is 9.89. The maximum absolute atomic E-state index is 14.7. The van der Waals surface area contributed by atoms with E-state index >= 15 is 0 Å². The largest absolute Gasteiger partial charge is 0.492 e. The van der Waals surface area contributed by atoms with Gasteiger partial charge < -0.3 is 10.0 Å². The number of hydrogen-bond acceptors (Lipinski definition) is 4. The van der Waals surface area contributed by atoms with Crippen LogP contribution in [0.5, 0.6) is 5.88 Å². The van der Waals surface area contributed by atoms with Gasteiger partial charge in [0.2, 0.25) is 10.8 Å². The Balaban J connectivity index is 1.85. The molecule has 3 aromatic rings. The number of piperidine rings is 1. The molecule has 1 unspecified atom stereocenters. The smallest absolute Gasteiger partial charge is 0.235 e. The molecule has 0 aliphatic carbocycles. The minimum absolute atomic E-state index is 0.0808. The van der Waals surface area contributed by atoms with Crippen LogP contribution in [-0.4, -0.2) is 32.8 Å². The first-order valence-electron chi connectivity index (χ1n) is 9.08. The summed E-state index contributed by atoms with van der Waals surface area (Å²) in [6.07, 6.45) is 1.19. The monoisotopic (exact) mass is 375 g/mol. The molecule has 5 nitrogen and oxygen atoms in total. The molecule has 138 valence electrons. The fraction of sp³-hybridized carbons (Fsp3) is 0.474. The van der Waals surface area contributed by atoms with E-state index in [-0.39, 0.29) is 17.7 Å². The van der Waals surface area contributed by atoms with Gasteiger partial charge in [0.25, 0.3) is 0 Å². The summed E-state index contributed by atoms with van der Waals surface area (Å²) in [6, 6.07) is 6.64. The number of thiazole rings is 1. The van der Waals surface area contributed by atoms with Crippen LogP contribution < -0.4 is 4.90 Å². The second kappa shape index (κ2) is 6.63. The molecule has 0 amide bonds. The molecule has 4 atom stereocenters. The highest BCUT2D eigenvalue weighted by Gasteiger charge is 2.38. The van der Waals surface area contributed by atoms with Crippen LogP contribution in [0.3, 0.4) is 0 Å². The molecule has 1 fully saturated rings. The summed E-state index contributed by atoms with van der Waals surface area (Å²) >= 11 is 1.40. The molecular formula is C19H24FN4OS+. The van der Waals surface area contributed by atoms with Gasteiger partial charge in [-0.2, -0.15) is 4.52 Å². The van der Waals surface area contributed by atoms with E-state index in [1.54, 1.807) is 13.0 Å². The topological polar surface area (TPSA) is 54.9 Å². The van der Waals surface area contributed by atoms with Crippen molar-refractivity contribution >= 4 is 16.3 Å². The molecule has 1 saturated heterocycles. The Morgan fingerprint density at radius 1 is 1.27 bits per heavy atom. The van der Waals surface area contributed by atoms with E-state index < -0.39 is 0 Å². The van der Waals surface area contributed by atoms with E-state index in [0.717, 1.165) is 18.0 Å².